The molecule has 3 N–H and O–H groups in total. The molecule has 2 fully saturated rings. The van der Waals surface area contributed by atoms with Crippen LogP contribution in [0.25, 0.3) is 0 Å². The van der Waals surface area contributed by atoms with Crippen molar-refractivity contribution >= 4 is 23.4 Å². The van der Waals surface area contributed by atoms with Gasteiger partial charge in [-0.15, -0.1) is 0 Å². The van der Waals surface area contributed by atoms with Gasteiger partial charge in [0.25, 0.3) is 0 Å². The number of amides is 1. The Morgan fingerprint density at radius 2 is 2.15 bits per heavy atom. The van der Waals surface area contributed by atoms with E-state index in [1.165, 1.54) is 11.1 Å². The van der Waals surface area contributed by atoms with E-state index in [9.17, 15) is 4.79 Å². The molecule has 0 bridgehead atoms. The van der Waals surface area contributed by atoms with Gasteiger partial charge in [-0.05, 0) is 48.9 Å². The van der Waals surface area contributed by atoms with Crippen LogP contribution in [0.4, 0.5) is 5.69 Å². The van der Waals surface area contributed by atoms with E-state index in [-0.39, 0.29) is 5.91 Å². The fraction of sp³-hybridized carbons (Fsp3) is 0.571. The summed E-state index contributed by atoms with van der Waals surface area (Å²) in [7, 11) is 0. The highest BCUT2D eigenvalue weighted by molar-refractivity contribution is 8.00. The molecule has 3 rings (SSSR count). The Morgan fingerprint density at radius 3 is 2.88 bits per heavy atom. The Bertz CT molecular complexity index is 673. The Balaban J connectivity index is 1.38. The van der Waals surface area contributed by atoms with E-state index < -0.39 is 0 Å². The van der Waals surface area contributed by atoms with Gasteiger partial charge in [0, 0.05) is 23.1 Å². The molecule has 0 spiro atoms. The number of hydrogen-bond donors (Lipinski definition) is 3. The minimum absolute atomic E-state index is 0.118. The number of unbranched alkanes of at least 4 members (excludes halogenated alkanes) is 1. The minimum Gasteiger partial charge on any atom is -0.367 e. The van der Waals surface area contributed by atoms with Crippen molar-refractivity contribution in [3.8, 4) is 0 Å². The van der Waals surface area contributed by atoms with E-state index in [1.54, 1.807) is 0 Å². The molecule has 1 amide bonds. The summed E-state index contributed by atoms with van der Waals surface area (Å²) in [6.45, 7) is 10.5. The minimum atomic E-state index is 0.118. The number of carbonyl (C=O) groups excluding carboxylic acids is 1. The van der Waals surface area contributed by atoms with E-state index in [0.29, 0.717) is 29.7 Å². The molecule has 0 aromatic heterocycles. The van der Waals surface area contributed by atoms with Crippen LogP contribution in [0.3, 0.4) is 0 Å². The van der Waals surface area contributed by atoms with Gasteiger partial charge >= 0.3 is 0 Å². The van der Waals surface area contributed by atoms with Crippen molar-refractivity contribution in [3.63, 3.8) is 0 Å². The number of aryl methyl sites for hydroxylation is 1. The lowest BCUT2D eigenvalue weighted by atomic mass is 9.97. The molecule has 0 radical (unpaired) electrons. The normalized spacial score (nSPS) is 24.3. The van der Waals surface area contributed by atoms with Crippen molar-refractivity contribution in [2.45, 2.75) is 69.7 Å². The molecule has 1 aromatic rings. The zero-order chi connectivity index (χ0) is 18.7. The van der Waals surface area contributed by atoms with Gasteiger partial charge in [0.1, 0.15) is 0 Å². The van der Waals surface area contributed by atoms with E-state index in [2.05, 4.69) is 55.4 Å². The van der Waals surface area contributed by atoms with Crippen LogP contribution in [0.2, 0.25) is 0 Å². The molecule has 2 saturated heterocycles. The smallest absolute Gasteiger partial charge is 0.224 e. The molecule has 2 aliphatic heterocycles. The third-order valence-electron chi connectivity index (χ3n) is 5.34. The standard InChI is InChI=1S/C21H31N3OS/c1-13(2)17-10-9-16(11-14(17)3)24-20(25)8-6-5-7-19-21-18(12-26-19)22-15(4)23-21/h9-11,13,18-19,21-23H,4-8,12H2,1-3H3,(H,24,25). The van der Waals surface area contributed by atoms with E-state index >= 15 is 0 Å². The van der Waals surface area contributed by atoms with Crippen LogP contribution in [0.5, 0.6) is 0 Å². The Kier molecular flexibility index (Phi) is 6.17. The van der Waals surface area contributed by atoms with Crippen molar-refractivity contribution < 1.29 is 4.79 Å². The quantitative estimate of drug-likeness (QED) is 0.629. The van der Waals surface area contributed by atoms with Gasteiger partial charge in [-0.1, -0.05) is 32.9 Å². The zero-order valence-electron chi connectivity index (χ0n) is 16.1. The van der Waals surface area contributed by atoms with E-state index in [0.717, 1.165) is 36.5 Å². The summed E-state index contributed by atoms with van der Waals surface area (Å²) in [4.78, 5) is 12.2. The summed E-state index contributed by atoms with van der Waals surface area (Å²) in [5, 5.41) is 10.5. The van der Waals surface area contributed by atoms with Gasteiger partial charge in [-0.3, -0.25) is 4.79 Å². The molecular weight excluding hydrogens is 342 g/mol. The summed E-state index contributed by atoms with van der Waals surface area (Å²) >= 11 is 2.04. The van der Waals surface area contributed by atoms with Crippen molar-refractivity contribution in [1.82, 2.24) is 10.6 Å². The maximum atomic E-state index is 12.2. The lowest BCUT2D eigenvalue weighted by molar-refractivity contribution is -0.116. The Labute approximate surface area is 161 Å². The summed E-state index contributed by atoms with van der Waals surface area (Å²) in [6, 6.07) is 7.25. The number of anilines is 1. The first-order valence-corrected chi connectivity index (χ1v) is 10.7. The first-order chi connectivity index (χ1) is 12.4. The first-order valence-electron chi connectivity index (χ1n) is 9.68. The van der Waals surface area contributed by atoms with Gasteiger partial charge in [-0.2, -0.15) is 11.8 Å². The highest BCUT2D eigenvalue weighted by Crippen LogP contribution is 2.34. The number of carbonyl (C=O) groups is 1. The van der Waals surface area contributed by atoms with Crippen molar-refractivity contribution in [2.24, 2.45) is 0 Å². The van der Waals surface area contributed by atoms with Crippen LogP contribution in [0.1, 0.15) is 56.6 Å². The molecule has 26 heavy (non-hydrogen) atoms. The van der Waals surface area contributed by atoms with Crippen LogP contribution in [-0.2, 0) is 4.79 Å². The molecule has 1 aromatic carbocycles. The third kappa shape index (κ3) is 4.56. The number of hydrogen-bond acceptors (Lipinski definition) is 4. The highest BCUT2D eigenvalue weighted by atomic mass is 32.2. The van der Waals surface area contributed by atoms with Gasteiger partial charge in [0.2, 0.25) is 5.91 Å². The molecule has 3 atom stereocenters. The fourth-order valence-corrected chi connectivity index (χ4v) is 5.55. The van der Waals surface area contributed by atoms with Crippen LogP contribution in [-0.4, -0.2) is 29.0 Å². The van der Waals surface area contributed by atoms with Crippen LogP contribution >= 0.6 is 11.8 Å². The largest absolute Gasteiger partial charge is 0.367 e. The van der Waals surface area contributed by atoms with E-state index in [1.807, 2.05) is 17.8 Å². The van der Waals surface area contributed by atoms with Gasteiger partial charge in [0.15, 0.2) is 0 Å². The van der Waals surface area contributed by atoms with Crippen LogP contribution in [0.15, 0.2) is 30.6 Å². The van der Waals surface area contributed by atoms with Gasteiger partial charge in [0.05, 0.1) is 17.9 Å². The second-order valence-corrected chi connectivity index (χ2v) is 9.06. The molecular formula is C21H31N3OS. The number of rotatable bonds is 7. The van der Waals surface area contributed by atoms with Gasteiger partial charge in [-0.25, -0.2) is 0 Å². The Morgan fingerprint density at radius 1 is 1.35 bits per heavy atom. The molecule has 142 valence electrons. The van der Waals surface area contributed by atoms with E-state index in [4.69, 9.17) is 0 Å². The van der Waals surface area contributed by atoms with Crippen molar-refractivity contribution in [3.05, 3.63) is 41.7 Å². The number of benzene rings is 1. The molecule has 3 unspecified atom stereocenters. The van der Waals surface area contributed by atoms with Gasteiger partial charge < -0.3 is 16.0 Å². The molecule has 4 nitrogen and oxygen atoms in total. The number of fused-ring (bicyclic) bond motifs is 1. The van der Waals surface area contributed by atoms with Crippen molar-refractivity contribution in [2.75, 3.05) is 11.1 Å². The molecule has 2 heterocycles. The fourth-order valence-electron chi connectivity index (χ4n) is 4.00. The SMILES string of the molecule is C=C1NC2CSC(CCCCC(=O)Nc3ccc(C(C)C)c(C)c3)C2N1. The molecule has 0 saturated carbocycles. The zero-order valence-corrected chi connectivity index (χ0v) is 16.9. The predicted octanol–water partition coefficient (Wildman–Crippen LogP) is 4.13. The van der Waals surface area contributed by atoms with Crippen LogP contribution < -0.4 is 16.0 Å². The second kappa shape index (κ2) is 8.38. The third-order valence-corrected chi connectivity index (χ3v) is 6.85. The molecule has 5 heteroatoms. The Hall–Kier alpha value is -1.62. The van der Waals surface area contributed by atoms with Crippen molar-refractivity contribution in [1.29, 1.82) is 0 Å². The number of thioether (sulfide) groups is 1. The summed E-state index contributed by atoms with van der Waals surface area (Å²) in [5.41, 5.74) is 3.49. The monoisotopic (exact) mass is 373 g/mol. The first kappa shape index (κ1) is 19.2. The predicted molar refractivity (Wildman–Crippen MR) is 112 cm³/mol. The second-order valence-electron chi connectivity index (χ2n) is 7.79. The lowest BCUT2D eigenvalue weighted by Gasteiger charge is -2.17. The average Bonchev–Trinajstić information content (AvgIpc) is 3.11. The average molecular weight is 374 g/mol. The maximum Gasteiger partial charge on any atom is 0.224 e. The number of nitrogens with one attached hydrogen (secondary N) is 3. The summed E-state index contributed by atoms with van der Waals surface area (Å²) in [6.07, 6.45) is 3.78. The molecule has 0 aliphatic carbocycles. The molecule has 2 aliphatic rings. The topological polar surface area (TPSA) is 53.2 Å². The lowest BCUT2D eigenvalue weighted by Crippen LogP contribution is -2.36. The summed E-state index contributed by atoms with van der Waals surface area (Å²) < 4.78 is 0. The summed E-state index contributed by atoms with van der Waals surface area (Å²) in [5.74, 6) is 2.73. The van der Waals surface area contributed by atoms with Crippen LogP contribution in [0, 0.1) is 6.92 Å². The maximum absolute atomic E-state index is 12.2. The highest BCUT2D eigenvalue weighted by Gasteiger charge is 2.40.